The van der Waals surface area contributed by atoms with Crippen LogP contribution in [0, 0.1) is 12.0 Å². The van der Waals surface area contributed by atoms with Gasteiger partial charge in [0.1, 0.15) is 18.0 Å². The van der Waals surface area contributed by atoms with E-state index in [1.807, 2.05) is 0 Å². The Morgan fingerprint density at radius 1 is 1.22 bits per heavy atom. The Kier molecular flexibility index (Phi) is 10.2. The minimum Gasteiger partial charge on any atom is -0.474 e. The first kappa shape index (κ1) is 35.3. The topological polar surface area (TPSA) is 182 Å². The molecule has 3 rings (SSSR count). The van der Waals surface area contributed by atoms with Crippen LogP contribution in [-0.2, 0) is 19.6 Å². The van der Waals surface area contributed by atoms with E-state index in [9.17, 15) is 41.4 Å². The number of nitrogens with one attached hydrogen (secondary N) is 2. The van der Waals surface area contributed by atoms with Gasteiger partial charge >= 0.3 is 12.3 Å². The van der Waals surface area contributed by atoms with Gasteiger partial charge in [-0.1, -0.05) is 0 Å². The number of rotatable bonds is 9. The Bertz CT molecular complexity index is 1590. The summed E-state index contributed by atoms with van der Waals surface area (Å²) in [4.78, 5) is 24.0. The summed E-state index contributed by atoms with van der Waals surface area (Å²) in [6, 6.07) is 5.70. The molecule has 0 radical (unpaired) electrons. The molecule has 0 spiro atoms. The van der Waals surface area contributed by atoms with Crippen molar-refractivity contribution in [2.24, 2.45) is 0 Å². The number of carbonyl (C=O) groups excluding carboxylic acids is 2. The van der Waals surface area contributed by atoms with Crippen molar-refractivity contribution in [3.05, 3.63) is 24.4 Å². The van der Waals surface area contributed by atoms with Crippen LogP contribution in [0.5, 0.6) is 11.6 Å². The number of hydrogen-bond donors (Lipinski definition) is 4. The molecule has 0 bridgehead atoms. The molecular weight excluding hydrogens is 627 g/mol. The molecule has 45 heavy (non-hydrogen) atoms. The van der Waals surface area contributed by atoms with Crippen LogP contribution >= 0.6 is 0 Å². The smallest absolute Gasteiger partial charge is 0.427 e. The zero-order chi connectivity index (χ0) is 34.0. The molecule has 1 aliphatic heterocycles. The Labute approximate surface area is 257 Å². The number of aromatic nitrogens is 2. The number of benzene rings is 1. The molecule has 2 amide bonds. The minimum absolute atomic E-state index is 0.0541. The molecule has 1 aliphatic rings. The van der Waals surface area contributed by atoms with Gasteiger partial charge in [0.05, 0.1) is 18.8 Å². The highest BCUT2D eigenvalue weighted by atomic mass is 32.2. The molecule has 14 nitrogen and oxygen atoms in total. The highest BCUT2D eigenvalue weighted by Crippen LogP contribution is 2.41. The number of hydrogen-bond acceptors (Lipinski definition) is 10. The molecule has 4 N–H and O–H groups in total. The predicted molar refractivity (Wildman–Crippen MR) is 153 cm³/mol. The number of amides is 2. The maximum absolute atomic E-state index is 14.1. The fourth-order valence-corrected chi connectivity index (χ4v) is 5.08. The summed E-state index contributed by atoms with van der Waals surface area (Å²) in [5.74, 6) is 1.39. The van der Waals surface area contributed by atoms with Gasteiger partial charge in [0, 0.05) is 24.0 Å². The van der Waals surface area contributed by atoms with Gasteiger partial charge in [-0.15, -0.1) is 5.10 Å². The zero-order valence-corrected chi connectivity index (χ0v) is 26.0. The summed E-state index contributed by atoms with van der Waals surface area (Å²) in [6.45, 7) is 6.14. The van der Waals surface area contributed by atoms with Gasteiger partial charge in [0.25, 0.3) is 21.8 Å². The fraction of sp³-hybridized carbons (Fsp3) is 0.519. The van der Waals surface area contributed by atoms with E-state index >= 15 is 0 Å². The van der Waals surface area contributed by atoms with Gasteiger partial charge < -0.3 is 24.4 Å². The van der Waals surface area contributed by atoms with E-state index in [1.54, 1.807) is 13.8 Å². The van der Waals surface area contributed by atoms with Gasteiger partial charge in [0.15, 0.2) is 11.0 Å². The molecular formula is C27H34F3N5O9S. The Morgan fingerprint density at radius 3 is 2.47 bits per heavy atom. The number of fused-ring (bicyclic) bond motifs is 1. The van der Waals surface area contributed by atoms with Crippen LogP contribution in [0.1, 0.15) is 47.6 Å². The van der Waals surface area contributed by atoms with Crippen molar-refractivity contribution in [1.82, 2.24) is 15.1 Å². The van der Waals surface area contributed by atoms with Crippen LogP contribution in [0.2, 0.25) is 0 Å². The number of alkyl halides is 3. The lowest BCUT2D eigenvalue weighted by molar-refractivity contribution is -0.242. The third kappa shape index (κ3) is 8.29. The van der Waals surface area contributed by atoms with E-state index in [1.165, 1.54) is 36.9 Å². The van der Waals surface area contributed by atoms with Gasteiger partial charge in [-0.25, -0.2) is 13.2 Å². The molecule has 0 fully saturated rings. The first-order valence-corrected chi connectivity index (χ1v) is 14.9. The van der Waals surface area contributed by atoms with E-state index in [0.717, 1.165) is 10.4 Å². The second-order valence-corrected chi connectivity index (χ2v) is 12.9. The van der Waals surface area contributed by atoms with Crippen LogP contribution in [0.25, 0.3) is 0 Å². The van der Waals surface area contributed by atoms with Crippen LogP contribution in [0.3, 0.4) is 0 Å². The molecule has 1 aromatic heterocycles. The van der Waals surface area contributed by atoms with Gasteiger partial charge in [-0.05, 0) is 65.7 Å². The Morgan fingerprint density at radius 2 is 1.89 bits per heavy atom. The molecule has 2 aromatic rings. The predicted octanol–water partition coefficient (Wildman–Crippen LogP) is 2.53. The van der Waals surface area contributed by atoms with Crippen molar-refractivity contribution in [2.75, 3.05) is 29.4 Å². The molecule has 1 aromatic carbocycles. The monoisotopic (exact) mass is 661 g/mol. The van der Waals surface area contributed by atoms with Crippen LogP contribution in [0.15, 0.2) is 29.3 Å². The molecule has 2 heterocycles. The molecule has 0 aliphatic carbocycles. The normalized spacial score (nSPS) is 15.4. The Hall–Kier alpha value is -4.21. The van der Waals surface area contributed by atoms with Crippen LogP contribution in [-0.4, -0.2) is 83.7 Å². The maximum atomic E-state index is 14.1. The quantitative estimate of drug-likeness (QED) is 0.230. The van der Waals surface area contributed by atoms with Gasteiger partial charge in [-0.3, -0.25) is 24.4 Å². The summed E-state index contributed by atoms with van der Waals surface area (Å²) in [5.41, 5.74) is -4.83. The number of aliphatic hydroxyl groups excluding tert-OH is 1. The van der Waals surface area contributed by atoms with Gasteiger partial charge in [-0.2, -0.15) is 13.2 Å². The summed E-state index contributed by atoms with van der Waals surface area (Å²) in [5, 5.41) is 27.6. The SMILES string of the molecule is CC(C)n1cc(S(=O)(=O)N2CC(C#CNC(=O)C(C)(C)O)Oc3ccc(NC(=O)OC(C)(C)C(F)(F)F)cc32)c(OCCO)n1. The summed E-state index contributed by atoms with van der Waals surface area (Å²) in [6.07, 6.45) is -6.26. The number of halogens is 3. The van der Waals surface area contributed by atoms with E-state index in [-0.39, 0.29) is 40.5 Å². The molecule has 248 valence electrons. The van der Waals surface area contributed by atoms with E-state index < -0.39 is 58.7 Å². The minimum atomic E-state index is -4.86. The van der Waals surface area contributed by atoms with Crippen LogP contribution < -0.4 is 24.4 Å². The van der Waals surface area contributed by atoms with E-state index in [4.69, 9.17) is 9.47 Å². The van der Waals surface area contributed by atoms with Crippen molar-refractivity contribution in [2.45, 2.75) is 76.0 Å². The van der Waals surface area contributed by atoms with Crippen molar-refractivity contribution in [3.8, 4) is 23.6 Å². The molecule has 1 unspecified atom stereocenters. The molecule has 18 heteroatoms. The highest BCUT2D eigenvalue weighted by molar-refractivity contribution is 7.93. The number of nitrogens with zero attached hydrogens (tertiary/aromatic N) is 3. The average molecular weight is 662 g/mol. The van der Waals surface area contributed by atoms with Gasteiger partial charge in [0.2, 0.25) is 5.60 Å². The number of anilines is 2. The first-order chi connectivity index (χ1) is 20.7. The lowest BCUT2D eigenvalue weighted by Gasteiger charge is -2.33. The van der Waals surface area contributed by atoms with E-state index in [0.29, 0.717) is 13.8 Å². The first-order valence-electron chi connectivity index (χ1n) is 13.4. The van der Waals surface area contributed by atoms with Crippen molar-refractivity contribution in [1.29, 1.82) is 0 Å². The molecule has 1 atom stereocenters. The molecule has 0 saturated carbocycles. The largest absolute Gasteiger partial charge is 0.474 e. The zero-order valence-electron chi connectivity index (χ0n) is 25.2. The summed E-state index contributed by atoms with van der Waals surface area (Å²) in [7, 11) is -4.56. The number of carbonyl (C=O) groups is 2. The number of ether oxygens (including phenoxy) is 3. The third-order valence-electron chi connectivity index (χ3n) is 6.16. The number of sulfonamides is 1. The highest BCUT2D eigenvalue weighted by Gasteiger charge is 2.51. The second kappa shape index (κ2) is 13.0. The number of aliphatic hydroxyl groups is 2. The van der Waals surface area contributed by atoms with Crippen molar-refractivity contribution in [3.63, 3.8) is 0 Å². The second-order valence-electron chi connectivity index (χ2n) is 11.1. The maximum Gasteiger partial charge on any atom is 0.427 e. The Balaban J connectivity index is 2.06. The fourth-order valence-electron chi connectivity index (χ4n) is 3.55. The lowest BCUT2D eigenvalue weighted by atomic mass is 10.1. The van der Waals surface area contributed by atoms with Crippen molar-refractivity contribution >= 4 is 33.4 Å². The van der Waals surface area contributed by atoms with E-state index in [2.05, 4.69) is 32.4 Å². The summed E-state index contributed by atoms with van der Waals surface area (Å²) < 4.78 is 85.9. The van der Waals surface area contributed by atoms with Crippen LogP contribution in [0.4, 0.5) is 29.3 Å². The molecule has 0 saturated heterocycles. The lowest BCUT2D eigenvalue weighted by Crippen LogP contribution is -2.44. The standard InChI is InChI=1S/C27H34F3N5O9S/c1-16(2)34-15-21(22(33-34)42-12-11-36)45(40,41)35-14-18(9-10-31-23(37)25(3,4)39)43-20-8-7-17(13-19(20)35)32-24(38)44-26(5,6)27(28,29)30/h7-8,13,15-16,18,36,39H,11-12,14H2,1-6H3,(H,31,37)(H,32,38). The summed E-state index contributed by atoms with van der Waals surface area (Å²) >= 11 is 0. The average Bonchev–Trinajstić information content (AvgIpc) is 3.35. The third-order valence-corrected chi connectivity index (χ3v) is 7.93. The van der Waals surface area contributed by atoms with Crippen molar-refractivity contribution < 1.29 is 55.6 Å².